The van der Waals surface area contributed by atoms with Gasteiger partial charge in [-0.3, -0.25) is 4.79 Å². The monoisotopic (exact) mass is 426 g/mol. The van der Waals surface area contributed by atoms with Crippen molar-refractivity contribution in [2.75, 3.05) is 0 Å². The summed E-state index contributed by atoms with van der Waals surface area (Å²) in [6, 6.07) is 18.3. The average Bonchev–Trinajstić information content (AvgIpc) is 3.32. The molecule has 4 nitrogen and oxygen atoms in total. The lowest BCUT2D eigenvalue weighted by molar-refractivity contribution is 0.0714. The van der Waals surface area contributed by atoms with Crippen molar-refractivity contribution >= 4 is 38.9 Å². The van der Waals surface area contributed by atoms with E-state index in [9.17, 15) is 9.90 Å². The Kier molecular flexibility index (Phi) is 4.61. The summed E-state index contributed by atoms with van der Waals surface area (Å²) >= 11 is 4.83. The van der Waals surface area contributed by atoms with Gasteiger partial charge in [-0.1, -0.05) is 52.3 Å². The molecule has 1 N–H and O–H groups in total. The highest BCUT2D eigenvalue weighted by molar-refractivity contribution is 9.10. The van der Waals surface area contributed by atoms with Gasteiger partial charge in [0.25, 0.3) is 5.91 Å². The van der Waals surface area contributed by atoms with Crippen LogP contribution in [0.3, 0.4) is 0 Å². The molecule has 6 heteroatoms. The lowest BCUT2D eigenvalue weighted by atomic mass is 9.97. The van der Waals surface area contributed by atoms with Crippen LogP contribution in [0.2, 0.25) is 0 Å². The van der Waals surface area contributed by atoms with Crippen LogP contribution in [0, 0.1) is 0 Å². The Morgan fingerprint density at radius 3 is 2.58 bits per heavy atom. The second-order valence-corrected chi connectivity index (χ2v) is 7.82. The first-order valence-corrected chi connectivity index (χ1v) is 9.79. The number of aromatic hydroxyl groups is 1. The highest BCUT2D eigenvalue weighted by Crippen LogP contribution is 2.38. The molecule has 3 aromatic rings. The minimum atomic E-state index is -0.329. The molecule has 0 saturated heterocycles. The summed E-state index contributed by atoms with van der Waals surface area (Å²) in [5.74, 6) is 0.0223. The Labute approximate surface area is 163 Å². The van der Waals surface area contributed by atoms with Gasteiger partial charge in [-0.15, -0.1) is 11.3 Å². The van der Waals surface area contributed by atoms with Gasteiger partial charge in [0.2, 0.25) is 0 Å². The Bertz CT molecular complexity index is 968. The van der Waals surface area contributed by atoms with Gasteiger partial charge in [0.1, 0.15) is 5.75 Å². The zero-order valence-electron chi connectivity index (χ0n) is 13.7. The standard InChI is InChI=1S/C20H15BrN2O2S/c21-14-9-7-13(8-10-14)16-12-17(15-4-1-2-5-18(15)24)23(22-16)20(25)19-6-3-11-26-19/h1-11,17,24H,12H2. The molecule has 1 aliphatic rings. The molecule has 0 aliphatic carbocycles. The fourth-order valence-corrected chi connectivity index (χ4v) is 3.96. The van der Waals surface area contributed by atoms with Crippen molar-refractivity contribution in [2.24, 2.45) is 5.10 Å². The van der Waals surface area contributed by atoms with Crippen LogP contribution in [-0.2, 0) is 0 Å². The maximum atomic E-state index is 13.0. The summed E-state index contributed by atoms with van der Waals surface area (Å²) in [5.41, 5.74) is 2.50. The molecule has 26 heavy (non-hydrogen) atoms. The van der Waals surface area contributed by atoms with Gasteiger partial charge in [0.05, 0.1) is 16.6 Å². The molecule has 0 spiro atoms. The van der Waals surface area contributed by atoms with E-state index in [-0.39, 0.29) is 17.7 Å². The summed E-state index contributed by atoms with van der Waals surface area (Å²) in [6.07, 6.45) is 0.552. The fraction of sp³-hybridized carbons (Fsp3) is 0.100. The van der Waals surface area contributed by atoms with Gasteiger partial charge < -0.3 is 5.11 Å². The first kappa shape index (κ1) is 17.0. The number of phenolic OH excluding ortho intramolecular Hbond substituents is 1. The van der Waals surface area contributed by atoms with E-state index in [4.69, 9.17) is 0 Å². The van der Waals surface area contributed by atoms with Crippen LogP contribution in [0.4, 0.5) is 0 Å². The van der Waals surface area contributed by atoms with E-state index in [1.54, 1.807) is 18.2 Å². The Morgan fingerprint density at radius 2 is 1.88 bits per heavy atom. The SMILES string of the molecule is O=C(c1cccs1)N1N=C(c2ccc(Br)cc2)CC1c1ccccc1O. The molecule has 1 amide bonds. The van der Waals surface area contributed by atoms with Crippen LogP contribution in [0.5, 0.6) is 5.75 Å². The van der Waals surface area contributed by atoms with E-state index in [0.29, 0.717) is 16.9 Å². The topological polar surface area (TPSA) is 52.9 Å². The number of hydrogen-bond donors (Lipinski definition) is 1. The van der Waals surface area contributed by atoms with Crippen molar-refractivity contribution in [3.05, 3.63) is 86.5 Å². The Balaban J connectivity index is 1.75. The van der Waals surface area contributed by atoms with E-state index < -0.39 is 0 Å². The highest BCUT2D eigenvalue weighted by Gasteiger charge is 2.35. The largest absolute Gasteiger partial charge is 0.508 e. The minimum absolute atomic E-state index is 0.152. The molecular weight excluding hydrogens is 412 g/mol. The van der Waals surface area contributed by atoms with Gasteiger partial charge in [-0.2, -0.15) is 5.10 Å². The van der Waals surface area contributed by atoms with E-state index >= 15 is 0 Å². The first-order chi connectivity index (χ1) is 12.6. The molecule has 1 aromatic heterocycles. The number of benzene rings is 2. The zero-order chi connectivity index (χ0) is 18.1. The lowest BCUT2D eigenvalue weighted by Crippen LogP contribution is -2.26. The molecule has 0 bridgehead atoms. The maximum Gasteiger partial charge on any atom is 0.284 e. The summed E-state index contributed by atoms with van der Waals surface area (Å²) in [7, 11) is 0. The van der Waals surface area contributed by atoms with E-state index in [1.807, 2.05) is 47.8 Å². The van der Waals surface area contributed by atoms with Crippen molar-refractivity contribution in [3.8, 4) is 5.75 Å². The number of hydrogen-bond acceptors (Lipinski definition) is 4. The van der Waals surface area contributed by atoms with Crippen molar-refractivity contribution in [2.45, 2.75) is 12.5 Å². The number of nitrogens with zero attached hydrogens (tertiary/aromatic N) is 2. The van der Waals surface area contributed by atoms with Crippen LogP contribution in [-0.4, -0.2) is 21.7 Å². The highest BCUT2D eigenvalue weighted by atomic mass is 79.9. The molecule has 1 unspecified atom stereocenters. The summed E-state index contributed by atoms with van der Waals surface area (Å²) < 4.78 is 0.989. The number of carbonyl (C=O) groups excluding carboxylic acids is 1. The molecule has 2 heterocycles. The number of amides is 1. The molecule has 0 radical (unpaired) electrons. The maximum absolute atomic E-state index is 13.0. The van der Waals surface area contributed by atoms with Crippen LogP contribution < -0.4 is 0 Å². The summed E-state index contributed by atoms with van der Waals surface area (Å²) in [6.45, 7) is 0. The van der Waals surface area contributed by atoms with Crippen LogP contribution in [0.1, 0.15) is 33.3 Å². The van der Waals surface area contributed by atoms with Gasteiger partial charge >= 0.3 is 0 Å². The number of carbonyl (C=O) groups is 1. The van der Waals surface area contributed by atoms with Crippen LogP contribution in [0.15, 0.2) is 75.6 Å². The third-order valence-electron chi connectivity index (χ3n) is 4.32. The average molecular weight is 427 g/mol. The minimum Gasteiger partial charge on any atom is -0.508 e. The van der Waals surface area contributed by atoms with Crippen LogP contribution >= 0.6 is 27.3 Å². The number of thiophene rings is 1. The molecule has 1 atom stereocenters. The van der Waals surface area contributed by atoms with E-state index in [1.165, 1.54) is 16.3 Å². The second kappa shape index (κ2) is 7.05. The van der Waals surface area contributed by atoms with Crippen molar-refractivity contribution in [3.63, 3.8) is 0 Å². The number of hydrazone groups is 1. The van der Waals surface area contributed by atoms with Crippen LogP contribution in [0.25, 0.3) is 0 Å². The molecule has 0 saturated carbocycles. The predicted octanol–water partition coefficient (Wildman–Crippen LogP) is 5.21. The van der Waals surface area contributed by atoms with E-state index in [0.717, 1.165) is 15.7 Å². The van der Waals surface area contributed by atoms with Gasteiger partial charge in [0.15, 0.2) is 0 Å². The van der Waals surface area contributed by atoms with Gasteiger partial charge in [0, 0.05) is 16.5 Å². The number of halogens is 1. The quantitative estimate of drug-likeness (QED) is 0.624. The first-order valence-electron chi connectivity index (χ1n) is 8.12. The molecule has 2 aromatic carbocycles. The third kappa shape index (κ3) is 3.18. The smallest absolute Gasteiger partial charge is 0.284 e. The normalized spacial score (nSPS) is 16.6. The lowest BCUT2D eigenvalue weighted by Gasteiger charge is -2.22. The Hall–Kier alpha value is -2.44. The number of para-hydroxylation sites is 1. The summed E-state index contributed by atoms with van der Waals surface area (Å²) in [5, 5.41) is 18.3. The number of phenols is 1. The fourth-order valence-electron chi connectivity index (χ4n) is 3.04. The second-order valence-electron chi connectivity index (χ2n) is 5.96. The zero-order valence-corrected chi connectivity index (χ0v) is 16.1. The molecule has 130 valence electrons. The van der Waals surface area contributed by atoms with Crippen molar-refractivity contribution in [1.29, 1.82) is 0 Å². The summed E-state index contributed by atoms with van der Waals surface area (Å²) in [4.78, 5) is 13.6. The predicted molar refractivity (Wildman–Crippen MR) is 107 cm³/mol. The van der Waals surface area contributed by atoms with Crippen molar-refractivity contribution < 1.29 is 9.90 Å². The van der Waals surface area contributed by atoms with Crippen molar-refractivity contribution in [1.82, 2.24) is 5.01 Å². The number of rotatable bonds is 3. The van der Waals surface area contributed by atoms with E-state index in [2.05, 4.69) is 21.0 Å². The molecule has 0 fully saturated rings. The molecular formula is C20H15BrN2O2S. The van der Waals surface area contributed by atoms with Gasteiger partial charge in [-0.25, -0.2) is 5.01 Å². The molecule has 1 aliphatic heterocycles. The molecule has 4 rings (SSSR count). The third-order valence-corrected chi connectivity index (χ3v) is 5.71. The van der Waals surface area contributed by atoms with Gasteiger partial charge in [-0.05, 0) is 35.2 Å². The Morgan fingerprint density at radius 1 is 1.12 bits per heavy atom.